The maximum absolute atomic E-state index is 12.4. The molecule has 1 saturated carbocycles. The van der Waals surface area contributed by atoms with E-state index >= 15 is 0 Å². The van der Waals surface area contributed by atoms with Crippen LogP contribution in [-0.4, -0.2) is 22.5 Å². The number of carboxylic acid groups (broad SMARTS) is 1. The quantitative estimate of drug-likeness (QED) is 0.894. The molecule has 1 aromatic heterocycles. The molecule has 0 spiro atoms. The Hall–Kier alpha value is -1.78. The fourth-order valence-electron chi connectivity index (χ4n) is 3.18. The standard InChI is InChI=1S/C16H23NO4/c1-4-12-10(2)9-13(21-12)14(18)17-16(3)8-6-5-7-11(16)15(19)20/h9,11H,4-8H2,1-3H3,(H,17,18)(H,19,20). The van der Waals surface area contributed by atoms with Crippen LogP contribution in [0.5, 0.6) is 0 Å². The van der Waals surface area contributed by atoms with Gasteiger partial charge in [-0.1, -0.05) is 19.8 Å². The maximum Gasteiger partial charge on any atom is 0.308 e. The van der Waals surface area contributed by atoms with E-state index < -0.39 is 17.4 Å². The van der Waals surface area contributed by atoms with Crippen molar-refractivity contribution in [2.24, 2.45) is 5.92 Å². The number of carboxylic acids is 1. The van der Waals surface area contributed by atoms with Gasteiger partial charge in [-0.2, -0.15) is 0 Å². The summed E-state index contributed by atoms with van der Waals surface area (Å²) in [4.78, 5) is 23.8. The monoisotopic (exact) mass is 293 g/mol. The van der Waals surface area contributed by atoms with Crippen molar-refractivity contribution in [2.45, 2.75) is 58.4 Å². The van der Waals surface area contributed by atoms with Crippen LogP contribution < -0.4 is 5.32 Å². The van der Waals surface area contributed by atoms with Gasteiger partial charge < -0.3 is 14.8 Å². The highest BCUT2D eigenvalue weighted by Crippen LogP contribution is 2.34. The molecule has 1 amide bonds. The van der Waals surface area contributed by atoms with Crippen molar-refractivity contribution in [3.63, 3.8) is 0 Å². The summed E-state index contributed by atoms with van der Waals surface area (Å²) in [7, 11) is 0. The topological polar surface area (TPSA) is 79.5 Å². The van der Waals surface area contributed by atoms with Crippen LogP contribution in [0.25, 0.3) is 0 Å². The van der Waals surface area contributed by atoms with Crippen molar-refractivity contribution in [1.82, 2.24) is 5.32 Å². The van der Waals surface area contributed by atoms with Gasteiger partial charge in [-0.05, 0) is 38.3 Å². The van der Waals surface area contributed by atoms with Crippen molar-refractivity contribution >= 4 is 11.9 Å². The van der Waals surface area contributed by atoms with Crippen LogP contribution in [0.1, 0.15) is 61.4 Å². The number of rotatable bonds is 4. The van der Waals surface area contributed by atoms with E-state index in [2.05, 4.69) is 5.32 Å². The average Bonchev–Trinajstić information content (AvgIpc) is 2.79. The zero-order valence-corrected chi connectivity index (χ0v) is 12.9. The van der Waals surface area contributed by atoms with Crippen LogP contribution >= 0.6 is 0 Å². The Kier molecular flexibility index (Phi) is 4.40. The van der Waals surface area contributed by atoms with E-state index in [0.717, 1.165) is 30.6 Å². The molecular formula is C16H23NO4. The normalized spacial score (nSPS) is 25.6. The van der Waals surface area contributed by atoms with Crippen LogP contribution in [0.2, 0.25) is 0 Å². The number of hydrogen-bond donors (Lipinski definition) is 2. The lowest BCUT2D eigenvalue weighted by atomic mass is 9.74. The van der Waals surface area contributed by atoms with Gasteiger partial charge in [0.1, 0.15) is 5.76 Å². The first-order chi connectivity index (χ1) is 9.87. The summed E-state index contributed by atoms with van der Waals surface area (Å²) in [5, 5.41) is 12.3. The second-order valence-electron chi connectivity index (χ2n) is 6.08. The van der Waals surface area contributed by atoms with Crippen molar-refractivity contribution in [3.8, 4) is 0 Å². The van der Waals surface area contributed by atoms with Gasteiger partial charge in [-0.25, -0.2) is 0 Å². The highest BCUT2D eigenvalue weighted by molar-refractivity contribution is 5.92. The molecule has 21 heavy (non-hydrogen) atoms. The van der Waals surface area contributed by atoms with E-state index in [-0.39, 0.29) is 11.7 Å². The van der Waals surface area contributed by atoms with Crippen molar-refractivity contribution in [1.29, 1.82) is 0 Å². The van der Waals surface area contributed by atoms with E-state index in [1.54, 1.807) is 6.07 Å². The van der Waals surface area contributed by atoms with E-state index in [0.29, 0.717) is 12.8 Å². The molecule has 0 saturated heterocycles. The van der Waals surface area contributed by atoms with Crippen LogP contribution in [0.4, 0.5) is 0 Å². The largest absolute Gasteiger partial charge is 0.481 e. The summed E-state index contributed by atoms with van der Waals surface area (Å²) in [6.45, 7) is 5.69. The average molecular weight is 293 g/mol. The Morgan fingerprint density at radius 1 is 1.48 bits per heavy atom. The molecule has 5 heteroatoms. The third-order valence-corrected chi connectivity index (χ3v) is 4.47. The smallest absolute Gasteiger partial charge is 0.308 e. The zero-order chi connectivity index (χ0) is 15.6. The first-order valence-electron chi connectivity index (χ1n) is 7.52. The zero-order valence-electron chi connectivity index (χ0n) is 12.9. The van der Waals surface area contributed by atoms with E-state index in [4.69, 9.17) is 4.42 Å². The Morgan fingerprint density at radius 3 is 2.76 bits per heavy atom. The molecule has 116 valence electrons. The number of carbonyl (C=O) groups excluding carboxylic acids is 1. The number of nitrogens with one attached hydrogen (secondary N) is 1. The second-order valence-corrected chi connectivity index (χ2v) is 6.08. The van der Waals surface area contributed by atoms with E-state index in [1.165, 1.54) is 0 Å². The Bertz CT molecular complexity index is 548. The van der Waals surface area contributed by atoms with E-state index in [1.807, 2.05) is 20.8 Å². The van der Waals surface area contributed by atoms with Gasteiger partial charge in [0.15, 0.2) is 5.76 Å². The highest BCUT2D eigenvalue weighted by atomic mass is 16.4. The number of hydrogen-bond acceptors (Lipinski definition) is 3. The first kappa shape index (κ1) is 15.6. The molecule has 1 aliphatic carbocycles. The minimum absolute atomic E-state index is 0.264. The molecule has 0 aliphatic heterocycles. The van der Waals surface area contributed by atoms with Crippen LogP contribution in [-0.2, 0) is 11.2 Å². The molecule has 1 heterocycles. The van der Waals surface area contributed by atoms with Gasteiger partial charge >= 0.3 is 5.97 Å². The predicted octanol–water partition coefficient (Wildman–Crippen LogP) is 2.91. The molecular weight excluding hydrogens is 270 g/mol. The molecule has 2 atom stereocenters. The van der Waals surface area contributed by atoms with Gasteiger partial charge in [0.05, 0.1) is 11.5 Å². The molecule has 0 bridgehead atoms. The van der Waals surface area contributed by atoms with Crippen LogP contribution in [0, 0.1) is 12.8 Å². The van der Waals surface area contributed by atoms with Crippen LogP contribution in [0.15, 0.2) is 10.5 Å². The molecule has 0 radical (unpaired) electrons. The van der Waals surface area contributed by atoms with Gasteiger partial charge in [-0.15, -0.1) is 0 Å². The summed E-state index contributed by atoms with van der Waals surface area (Å²) in [5.41, 5.74) is 0.236. The third kappa shape index (κ3) is 3.12. The minimum Gasteiger partial charge on any atom is -0.481 e. The summed E-state index contributed by atoms with van der Waals surface area (Å²) in [6, 6.07) is 1.72. The van der Waals surface area contributed by atoms with Gasteiger partial charge in [-0.3, -0.25) is 9.59 Å². The number of furan rings is 1. The number of amides is 1. The van der Waals surface area contributed by atoms with Crippen molar-refractivity contribution in [2.75, 3.05) is 0 Å². The molecule has 1 aliphatic rings. The Balaban J connectivity index is 2.17. The lowest BCUT2D eigenvalue weighted by Crippen LogP contribution is -2.55. The fraction of sp³-hybridized carbons (Fsp3) is 0.625. The molecule has 1 aromatic rings. The predicted molar refractivity (Wildman–Crippen MR) is 78.3 cm³/mol. The summed E-state index contributed by atoms with van der Waals surface area (Å²) in [5.74, 6) is -0.656. The van der Waals surface area contributed by atoms with Crippen molar-refractivity contribution in [3.05, 3.63) is 23.2 Å². The Morgan fingerprint density at radius 2 is 2.19 bits per heavy atom. The molecule has 2 N–H and O–H groups in total. The SMILES string of the molecule is CCc1oc(C(=O)NC2(C)CCCCC2C(=O)O)cc1C. The Labute approximate surface area is 124 Å². The number of aliphatic carboxylic acids is 1. The van der Waals surface area contributed by atoms with Gasteiger partial charge in [0, 0.05) is 6.42 Å². The second kappa shape index (κ2) is 5.92. The number of aryl methyl sites for hydroxylation is 2. The van der Waals surface area contributed by atoms with Crippen LogP contribution in [0.3, 0.4) is 0 Å². The first-order valence-corrected chi connectivity index (χ1v) is 7.52. The third-order valence-electron chi connectivity index (χ3n) is 4.47. The molecule has 2 rings (SSSR count). The minimum atomic E-state index is -0.845. The van der Waals surface area contributed by atoms with Crippen molar-refractivity contribution < 1.29 is 19.1 Å². The summed E-state index contributed by atoms with van der Waals surface area (Å²) >= 11 is 0. The lowest BCUT2D eigenvalue weighted by molar-refractivity contribution is -0.145. The van der Waals surface area contributed by atoms with Gasteiger partial charge in [0.25, 0.3) is 5.91 Å². The maximum atomic E-state index is 12.4. The number of carbonyl (C=O) groups is 2. The highest BCUT2D eigenvalue weighted by Gasteiger charge is 2.42. The van der Waals surface area contributed by atoms with E-state index in [9.17, 15) is 14.7 Å². The molecule has 2 unspecified atom stereocenters. The molecule has 5 nitrogen and oxygen atoms in total. The molecule has 0 aromatic carbocycles. The molecule has 1 fully saturated rings. The fourth-order valence-corrected chi connectivity index (χ4v) is 3.18. The summed E-state index contributed by atoms with van der Waals surface area (Å²) in [6.07, 6.45) is 3.83. The lowest BCUT2D eigenvalue weighted by Gasteiger charge is -2.39. The summed E-state index contributed by atoms with van der Waals surface area (Å²) < 4.78 is 5.55. The van der Waals surface area contributed by atoms with Gasteiger partial charge in [0.2, 0.25) is 0 Å².